The zero-order chi connectivity index (χ0) is 25.5. The van der Waals surface area contributed by atoms with Gasteiger partial charge in [0.25, 0.3) is 0 Å². The van der Waals surface area contributed by atoms with Crippen molar-refractivity contribution in [1.82, 2.24) is 19.5 Å². The minimum atomic E-state index is -1.10. The molecule has 1 aliphatic heterocycles. The Morgan fingerprint density at radius 1 is 0.973 bits per heavy atom. The number of aromatic nitrogens is 4. The molecule has 2 aromatic rings. The van der Waals surface area contributed by atoms with E-state index >= 15 is 0 Å². The van der Waals surface area contributed by atoms with Gasteiger partial charge in [-0.2, -0.15) is 4.98 Å². The summed E-state index contributed by atoms with van der Waals surface area (Å²) in [6, 6.07) is 0.244. The molecule has 37 heavy (non-hydrogen) atoms. The fourth-order valence-electron chi connectivity index (χ4n) is 7.46. The third-order valence-electron chi connectivity index (χ3n) is 10.1. The van der Waals surface area contributed by atoms with Gasteiger partial charge in [-0.15, -0.1) is 0 Å². The Labute approximate surface area is 220 Å². The quantitative estimate of drug-likeness (QED) is 0.476. The molecular weight excluding hydrogens is 464 g/mol. The molecule has 0 aromatic carbocycles. The van der Waals surface area contributed by atoms with Crippen molar-refractivity contribution in [1.29, 1.82) is 0 Å². The van der Waals surface area contributed by atoms with Gasteiger partial charge >= 0.3 is 5.97 Å². The number of hydrogen-bond acceptors (Lipinski definition) is 6. The topological polar surface area (TPSA) is 96.2 Å². The molecule has 2 aromatic heterocycles. The second-order valence-corrected chi connectivity index (χ2v) is 12.7. The number of nitrogens with zero attached hydrogens (tertiary/aromatic N) is 5. The number of carboxylic acid groups (broad SMARTS) is 1. The van der Waals surface area contributed by atoms with Crippen LogP contribution in [0.15, 0.2) is 0 Å². The Hall–Kier alpha value is -2.38. The summed E-state index contributed by atoms with van der Waals surface area (Å²) in [5, 5.41) is 13.4. The highest BCUT2D eigenvalue weighted by Crippen LogP contribution is 2.40. The van der Waals surface area contributed by atoms with Crippen molar-refractivity contribution in [3.63, 3.8) is 0 Å². The van der Waals surface area contributed by atoms with Crippen LogP contribution >= 0.6 is 0 Å². The molecule has 8 nitrogen and oxygen atoms in total. The van der Waals surface area contributed by atoms with E-state index in [1.165, 1.54) is 77.0 Å². The fraction of sp³-hybridized carbons (Fsp3) is 0.793. The standard InChI is InChI=1S/C29H44N6O2/c1-18-10-12-20(13-11-18)16-35-24-25(30-19(2)21-8-5-9-21)31-27(28(36)37)32-26(24)33-29(35)34-15-14-22-6-3-4-7-23(22)17-34/h18-23H,3-17H2,1-2H3,(H,36,37)(H,30,31,32)/t18?,19-,20?,22?,23?/m1/s1. The fourth-order valence-corrected chi connectivity index (χ4v) is 7.46. The molecule has 2 unspecified atom stereocenters. The normalized spacial score (nSPS) is 29.5. The Bertz CT molecular complexity index is 1120. The van der Waals surface area contributed by atoms with E-state index in [1.807, 2.05) is 0 Å². The number of carbonyl (C=O) groups is 1. The highest BCUT2D eigenvalue weighted by atomic mass is 16.4. The Kier molecular flexibility index (Phi) is 7.01. The van der Waals surface area contributed by atoms with E-state index in [0.717, 1.165) is 48.9 Å². The van der Waals surface area contributed by atoms with Crippen LogP contribution in [0, 0.1) is 29.6 Å². The van der Waals surface area contributed by atoms with Crippen molar-refractivity contribution in [3.05, 3.63) is 5.82 Å². The van der Waals surface area contributed by atoms with E-state index in [4.69, 9.17) is 4.98 Å². The third kappa shape index (κ3) is 5.05. The molecule has 4 fully saturated rings. The lowest BCUT2D eigenvalue weighted by Crippen LogP contribution is -2.43. The van der Waals surface area contributed by atoms with Crippen LogP contribution in [0.4, 0.5) is 11.8 Å². The molecule has 3 heterocycles. The lowest BCUT2D eigenvalue weighted by molar-refractivity contribution is 0.0684. The molecule has 3 saturated carbocycles. The molecule has 8 heteroatoms. The average molecular weight is 509 g/mol. The van der Waals surface area contributed by atoms with Crippen molar-refractivity contribution in [2.75, 3.05) is 23.3 Å². The molecule has 0 spiro atoms. The number of nitrogens with one attached hydrogen (secondary N) is 1. The van der Waals surface area contributed by atoms with Crippen molar-refractivity contribution < 1.29 is 9.90 Å². The van der Waals surface area contributed by atoms with Crippen molar-refractivity contribution in [2.24, 2.45) is 29.6 Å². The summed E-state index contributed by atoms with van der Waals surface area (Å²) in [6.07, 6.45) is 15.4. The smallest absolute Gasteiger partial charge is 0.374 e. The van der Waals surface area contributed by atoms with E-state index in [0.29, 0.717) is 23.3 Å². The maximum Gasteiger partial charge on any atom is 0.374 e. The minimum absolute atomic E-state index is 0.163. The summed E-state index contributed by atoms with van der Waals surface area (Å²) in [4.78, 5) is 28.6. The Balaban J connectivity index is 1.40. The second-order valence-electron chi connectivity index (χ2n) is 12.7. The van der Waals surface area contributed by atoms with E-state index in [1.54, 1.807) is 0 Å². The van der Waals surface area contributed by atoms with Gasteiger partial charge in [0.15, 0.2) is 11.5 Å². The van der Waals surface area contributed by atoms with Gasteiger partial charge < -0.3 is 19.9 Å². The molecular formula is C29H44N6O2. The van der Waals surface area contributed by atoms with Crippen molar-refractivity contribution >= 4 is 28.9 Å². The zero-order valence-electron chi connectivity index (χ0n) is 22.7. The number of hydrogen-bond donors (Lipinski definition) is 2. The van der Waals surface area contributed by atoms with Crippen LogP contribution in [0.1, 0.15) is 102 Å². The lowest BCUT2D eigenvalue weighted by atomic mass is 9.75. The van der Waals surface area contributed by atoms with Crippen LogP contribution < -0.4 is 10.2 Å². The number of carboxylic acids is 1. The summed E-state index contributed by atoms with van der Waals surface area (Å²) in [5.74, 6) is 3.99. The van der Waals surface area contributed by atoms with Gasteiger partial charge in [-0.05, 0) is 75.0 Å². The second kappa shape index (κ2) is 10.4. The number of aromatic carboxylic acids is 1. The van der Waals surface area contributed by atoms with E-state index in [9.17, 15) is 9.90 Å². The predicted molar refractivity (Wildman–Crippen MR) is 146 cm³/mol. The van der Waals surface area contributed by atoms with Crippen LogP contribution in [-0.4, -0.2) is 49.7 Å². The number of fused-ring (bicyclic) bond motifs is 2. The molecule has 3 aliphatic carbocycles. The predicted octanol–water partition coefficient (Wildman–Crippen LogP) is 5.97. The first-order valence-corrected chi connectivity index (χ1v) is 15.0. The summed E-state index contributed by atoms with van der Waals surface area (Å²) < 4.78 is 2.38. The largest absolute Gasteiger partial charge is 0.475 e. The zero-order valence-corrected chi connectivity index (χ0v) is 22.7. The molecule has 1 saturated heterocycles. The van der Waals surface area contributed by atoms with Crippen molar-refractivity contribution in [3.8, 4) is 0 Å². The summed E-state index contributed by atoms with van der Waals surface area (Å²) in [5.41, 5.74) is 1.43. The van der Waals surface area contributed by atoms with Gasteiger partial charge in [0, 0.05) is 25.7 Å². The van der Waals surface area contributed by atoms with Gasteiger partial charge in [-0.1, -0.05) is 45.4 Å². The number of anilines is 2. The van der Waals surface area contributed by atoms with Crippen LogP contribution in [0.2, 0.25) is 0 Å². The molecule has 0 radical (unpaired) electrons. The first kappa shape index (κ1) is 24.9. The van der Waals surface area contributed by atoms with Crippen LogP contribution in [0.25, 0.3) is 11.2 Å². The van der Waals surface area contributed by atoms with Gasteiger partial charge in [-0.3, -0.25) is 0 Å². The third-order valence-corrected chi connectivity index (χ3v) is 10.1. The van der Waals surface area contributed by atoms with Gasteiger partial charge in [0.2, 0.25) is 11.8 Å². The SMILES string of the molecule is CC1CCC(Cn2c(N3CCC4CCCCC4C3)nc3nc(C(=O)O)nc(N[C@H](C)C4CCC4)c32)CC1. The van der Waals surface area contributed by atoms with E-state index < -0.39 is 5.97 Å². The highest BCUT2D eigenvalue weighted by Gasteiger charge is 2.35. The van der Waals surface area contributed by atoms with Crippen LogP contribution in [0.3, 0.4) is 0 Å². The van der Waals surface area contributed by atoms with E-state index in [-0.39, 0.29) is 11.9 Å². The number of imidazole rings is 1. The average Bonchev–Trinajstić information content (AvgIpc) is 3.22. The van der Waals surface area contributed by atoms with Gasteiger partial charge in [0.1, 0.15) is 5.52 Å². The summed E-state index contributed by atoms with van der Waals surface area (Å²) in [6.45, 7) is 7.55. The molecule has 6 rings (SSSR count). The first-order valence-electron chi connectivity index (χ1n) is 15.0. The monoisotopic (exact) mass is 508 g/mol. The van der Waals surface area contributed by atoms with Crippen molar-refractivity contribution in [2.45, 2.75) is 103 Å². The summed E-state index contributed by atoms with van der Waals surface area (Å²) >= 11 is 0. The molecule has 202 valence electrons. The molecule has 0 bridgehead atoms. The van der Waals surface area contributed by atoms with Gasteiger partial charge in [0.05, 0.1) is 0 Å². The highest BCUT2D eigenvalue weighted by molar-refractivity contribution is 5.91. The van der Waals surface area contributed by atoms with Crippen LogP contribution in [0.5, 0.6) is 0 Å². The van der Waals surface area contributed by atoms with Crippen LogP contribution in [-0.2, 0) is 6.54 Å². The number of rotatable bonds is 7. The Morgan fingerprint density at radius 2 is 1.73 bits per heavy atom. The maximum atomic E-state index is 12.0. The molecule has 2 N–H and O–H groups in total. The Morgan fingerprint density at radius 3 is 2.43 bits per heavy atom. The van der Waals surface area contributed by atoms with Gasteiger partial charge in [-0.25, -0.2) is 14.8 Å². The molecule has 3 atom stereocenters. The number of piperidine rings is 1. The molecule has 4 aliphatic rings. The summed E-state index contributed by atoms with van der Waals surface area (Å²) in [7, 11) is 0. The lowest BCUT2D eigenvalue weighted by Gasteiger charge is -2.42. The maximum absolute atomic E-state index is 12.0. The molecule has 0 amide bonds. The first-order chi connectivity index (χ1) is 18.0. The van der Waals surface area contributed by atoms with E-state index in [2.05, 4.69) is 38.6 Å². The minimum Gasteiger partial charge on any atom is -0.475 e.